The van der Waals surface area contributed by atoms with Gasteiger partial charge in [0.05, 0.1) is 39.9 Å². The van der Waals surface area contributed by atoms with Crippen molar-refractivity contribution in [2.24, 2.45) is 11.8 Å². The second-order valence-electron chi connectivity index (χ2n) is 8.69. The number of benzene rings is 1. The summed E-state index contributed by atoms with van der Waals surface area (Å²) in [6, 6.07) is 5.69. The molecule has 4 heterocycles. The van der Waals surface area contributed by atoms with Crippen LogP contribution in [0.2, 0.25) is 5.02 Å². The monoisotopic (exact) mass is 488 g/mol. The molecule has 1 spiro atoms. The maximum Gasteiger partial charge on any atom is 0.311 e. The lowest BCUT2D eigenvalue weighted by Crippen LogP contribution is -2.56. The first kappa shape index (κ1) is 22.5. The van der Waals surface area contributed by atoms with Crippen LogP contribution in [0.25, 0.3) is 0 Å². The molecule has 2 amide bonds. The number of nitrogens with zero attached hydrogens (tertiary/aromatic N) is 2. The van der Waals surface area contributed by atoms with E-state index >= 15 is 0 Å². The highest BCUT2D eigenvalue weighted by atomic mass is 35.5. The fourth-order valence-electron chi connectivity index (χ4n) is 5.60. The Balaban J connectivity index is 1.67. The van der Waals surface area contributed by atoms with E-state index in [-0.39, 0.29) is 30.3 Å². The predicted octanol–water partition coefficient (Wildman–Crippen LogP) is 2.42. The second-order valence-corrected chi connectivity index (χ2v) is 10.6. The van der Waals surface area contributed by atoms with Gasteiger partial charge in [-0.25, -0.2) is 0 Å². The fourth-order valence-corrected chi connectivity index (χ4v) is 7.83. The molecule has 174 valence electrons. The molecule has 0 saturated carbocycles. The zero-order chi connectivity index (χ0) is 23.3. The Morgan fingerprint density at radius 3 is 2.76 bits per heavy atom. The summed E-state index contributed by atoms with van der Waals surface area (Å²) in [7, 11) is 0. The van der Waals surface area contributed by atoms with Crippen LogP contribution in [0.4, 0.5) is 5.69 Å². The smallest absolute Gasteiger partial charge is 0.311 e. The van der Waals surface area contributed by atoms with Crippen LogP contribution in [0.15, 0.2) is 48.6 Å². The molecule has 6 atom stereocenters. The first-order valence-electron chi connectivity index (χ1n) is 11.1. The molecule has 2 fully saturated rings. The van der Waals surface area contributed by atoms with Crippen molar-refractivity contribution in [3.8, 4) is 0 Å². The van der Waals surface area contributed by atoms with Crippen molar-refractivity contribution in [3.63, 3.8) is 0 Å². The molecule has 0 aliphatic carbocycles. The van der Waals surface area contributed by atoms with Crippen molar-refractivity contribution >= 4 is 46.8 Å². The summed E-state index contributed by atoms with van der Waals surface area (Å²) in [5.41, 5.74) is 0.565. The van der Waals surface area contributed by atoms with Crippen molar-refractivity contribution in [1.29, 1.82) is 0 Å². The molecular formula is C24H25ClN2O5S. The van der Waals surface area contributed by atoms with Crippen molar-refractivity contribution in [2.75, 3.05) is 24.7 Å². The number of para-hydroxylation sites is 1. The number of carbonyl (C=O) groups is 3. The largest absolute Gasteiger partial charge is 0.461 e. The van der Waals surface area contributed by atoms with Crippen molar-refractivity contribution in [2.45, 2.75) is 35.4 Å². The van der Waals surface area contributed by atoms with Gasteiger partial charge in [0.15, 0.2) is 0 Å². The molecule has 2 saturated heterocycles. The van der Waals surface area contributed by atoms with Gasteiger partial charge in [0.2, 0.25) is 5.91 Å². The van der Waals surface area contributed by atoms with Crippen molar-refractivity contribution in [1.82, 2.24) is 4.90 Å². The molecule has 1 aromatic carbocycles. The Labute approximate surface area is 201 Å². The van der Waals surface area contributed by atoms with Crippen LogP contribution in [0, 0.1) is 11.8 Å². The van der Waals surface area contributed by atoms with Crippen LogP contribution in [-0.2, 0) is 19.1 Å². The lowest BCUT2D eigenvalue weighted by Gasteiger charge is -2.38. The number of aliphatic hydroxyl groups excluding tert-OH is 1. The number of cyclic esters (lactones) is 1. The van der Waals surface area contributed by atoms with Gasteiger partial charge >= 0.3 is 5.97 Å². The van der Waals surface area contributed by atoms with Crippen LogP contribution >= 0.6 is 23.4 Å². The molecule has 9 heteroatoms. The molecule has 4 aliphatic rings. The highest BCUT2D eigenvalue weighted by Crippen LogP contribution is 2.61. The molecule has 4 aliphatic heterocycles. The summed E-state index contributed by atoms with van der Waals surface area (Å²) in [5, 5.41) is 10.3. The Morgan fingerprint density at radius 1 is 1.24 bits per heavy atom. The topological polar surface area (TPSA) is 87.2 Å². The minimum absolute atomic E-state index is 0.177. The van der Waals surface area contributed by atoms with Crippen molar-refractivity contribution in [3.05, 3.63) is 53.6 Å². The average molecular weight is 489 g/mol. The van der Waals surface area contributed by atoms with E-state index in [1.165, 1.54) is 16.7 Å². The summed E-state index contributed by atoms with van der Waals surface area (Å²) < 4.78 is 4.42. The summed E-state index contributed by atoms with van der Waals surface area (Å²) in [5.74, 6) is -2.41. The first-order chi connectivity index (χ1) is 15.9. The van der Waals surface area contributed by atoms with Gasteiger partial charge in [-0.1, -0.05) is 55.0 Å². The summed E-state index contributed by atoms with van der Waals surface area (Å²) in [6.45, 7) is 2.07. The van der Waals surface area contributed by atoms with Gasteiger partial charge in [0, 0.05) is 11.8 Å². The molecule has 1 N–H and O–H groups in total. The second kappa shape index (κ2) is 8.49. The zero-order valence-electron chi connectivity index (χ0n) is 18.1. The summed E-state index contributed by atoms with van der Waals surface area (Å²) in [4.78, 5) is 44.1. The number of esters is 1. The third kappa shape index (κ3) is 3.26. The molecule has 5 rings (SSSR count). The van der Waals surface area contributed by atoms with Gasteiger partial charge in [0.1, 0.15) is 12.6 Å². The molecule has 1 aromatic rings. The molecule has 0 radical (unpaired) electrons. The normalized spacial score (nSPS) is 33.8. The number of thioether (sulfide) groups is 1. The van der Waals surface area contributed by atoms with E-state index in [1.807, 2.05) is 31.2 Å². The number of carbonyl (C=O) groups excluding carboxylic acids is 3. The number of anilines is 1. The summed E-state index contributed by atoms with van der Waals surface area (Å²) >= 11 is 7.91. The number of hydrogen-bond donors (Lipinski definition) is 1. The molecule has 0 bridgehead atoms. The maximum atomic E-state index is 14.2. The number of hydrogen-bond acceptors (Lipinski definition) is 6. The van der Waals surface area contributed by atoms with E-state index < -0.39 is 34.6 Å². The Bertz CT molecular complexity index is 1060. The molecule has 1 unspecified atom stereocenters. The Hall–Kier alpha value is -2.29. The molecule has 0 aromatic heterocycles. The first-order valence-corrected chi connectivity index (χ1v) is 12.4. The van der Waals surface area contributed by atoms with E-state index in [9.17, 15) is 19.5 Å². The van der Waals surface area contributed by atoms with E-state index in [0.717, 1.165) is 0 Å². The van der Waals surface area contributed by atoms with Crippen LogP contribution in [-0.4, -0.2) is 69.6 Å². The molecule has 7 nitrogen and oxygen atoms in total. The molecular weight excluding hydrogens is 464 g/mol. The van der Waals surface area contributed by atoms with Crippen LogP contribution < -0.4 is 4.90 Å². The lowest BCUT2D eigenvalue weighted by molar-refractivity contribution is -0.152. The quantitative estimate of drug-likeness (QED) is 0.517. The maximum absolute atomic E-state index is 14.2. The number of ether oxygens (including phenoxy) is 1. The number of likely N-dealkylation sites (tertiary alicyclic amines) is 1. The van der Waals surface area contributed by atoms with Gasteiger partial charge in [-0.15, -0.1) is 11.8 Å². The minimum atomic E-state index is -0.942. The van der Waals surface area contributed by atoms with Gasteiger partial charge < -0.3 is 19.6 Å². The highest BCUT2D eigenvalue weighted by molar-refractivity contribution is 8.02. The summed E-state index contributed by atoms with van der Waals surface area (Å²) in [6.07, 6.45) is 8.01. The number of halogens is 1. The van der Waals surface area contributed by atoms with E-state index in [2.05, 4.69) is 0 Å². The number of rotatable bonds is 4. The Morgan fingerprint density at radius 2 is 2.03 bits per heavy atom. The van der Waals surface area contributed by atoms with Gasteiger partial charge in [-0.2, -0.15) is 0 Å². The predicted molar refractivity (Wildman–Crippen MR) is 126 cm³/mol. The highest BCUT2D eigenvalue weighted by Gasteiger charge is 2.71. The van der Waals surface area contributed by atoms with Crippen LogP contribution in [0.1, 0.15) is 13.3 Å². The van der Waals surface area contributed by atoms with E-state index in [0.29, 0.717) is 23.7 Å². The van der Waals surface area contributed by atoms with E-state index in [4.69, 9.17) is 16.3 Å². The third-order valence-corrected chi connectivity index (χ3v) is 9.13. The van der Waals surface area contributed by atoms with Crippen LogP contribution in [0.3, 0.4) is 0 Å². The zero-order valence-corrected chi connectivity index (χ0v) is 19.7. The Kier molecular flexibility index (Phi) is 5.79. The van der Waals surface area contributed by atoms with Gasteiger partial charge in [0.25, 0.3) is 5.91 Å². The third-order valence-electron chi connectivity index (χ3n) is 7.07. The number of fused-ring (bicyclic) bond motifs is 2. The lowest BCUT2D eigenvalue weighted by atomic mass is 9.78. The van der Waals surface area contributed by atoms with Crippen LogP contribution in [0.5, 0.6) is 0 Å². The average Bonchev–Trinajstić information content (AvgIpc) is 3.11. The van der Waals surface area contributed by atoms with E-state index in [1.54, 1.807) is 29.2 Å². The van der Waals surface area contributed by atoms with Crippen molar-refractivity contribution < 1.29 is 24.2 Å². The van der Waals surface area contributed by atoms with Gasteiger partial charge in [-0.3, -0.25) is 14.4 Å². The fraction of sp³-hybridized carbons (Fsp3) is 0.458. The number of amides is 2. The SMILES string of the molecule is CC[C@@H](CO)N1C(=O)[C@@H]2[C@H]3C(=O)OCC=C[C@H]3S[C@@]23C=CCN(c2ccccc2Cl)C(=O)C13. The molecule has 33 heavy (non-hydrogen) atoms. The van der Waals surface area contributed by atoms with Gasteiger partial charge in [-0.05, 0) is 18.6 Å². The minimum Gasteiger partial charge on any atom is -0.461 e. The standard InChI is InChI=1S/C24H25ClN2O5S/c1-2-14(13-28)27-20-22(30)26(16-8-4-3-7-15(16)25)11-6-10-24(20)19(21(27)29)18-17(33-24)9-5-12-32-23(18)31/h3-10,14,17-20,28H,2,11-13H2,1H3/t14-,17+,18-,19-,20?,24-/m0/s1. The number of aliphatic hydroxyl groups is 1.